The molecule has 0 heterocycles. The molecule has 0 radical (unpaired) electrons. The number of hydrogen-bond acceptors (Lipinski definition) is 3. The van der Waals surface area contributed by atoms with E-state index in [1.54, 1.807) is 0 Å². The molecule has 3 nitrogen and oxygen atoms in total. The molecule has 0 aromatic heterocycles. The van der Waals surface area contributed by atoms with E-state index in [0.717, 1.165) is 24.5 Å². The number of benzene rings is 2. The van der Waals surface area contributed by atoms with E-state index < -0.39 is 0 Å². The average Bonchev–Trinajstić information content (AvgIpc) is 2.54. The minimum atomic E-state index is 0.545. The van der Waals surface area contributed by atoms with Gasteiger partial charge in [-0.2, -0.15) is 0 Å². The molecule has 3 heteroatoms. The van der Waals surface area contributed by atoms with Crippen molar-refractivity contribution in [2.24, 2.45) is 0 Å². The molecule has 1 N–H and O–H groups in total. The van der Waals surface area contributed by atoms with Crippen LogP contribution in [0.15, 0.2) is 48.5 Å². The van der Waals surface area contributed by atoms with Gasteiger partial charge in [0.2, 0.25) is 0 Å². The maximum Gasteiger partial charge on any atom is 0.122 e. The van der Waals surface area contributed by atoms with E-state index >= 15 is 0 Å². The van der Waals surface area contributed by atoms with Crippen LogP contribution < -0.4 is 14.8 Å². The van der Waals surface area contributed by atoms with E-state index in [1.807, 2.05) is 37.4 Å². The molecule has 0 saturated heterocycles. The van der Waals surface area contributed by atoms with Gasteiger partial charge in [0.15, 0.2) is 0 Å². The van der Waals surface area contributed by atoms with E-state index in [4.69, 9.17) is 9.47 Å². The molecule has 2 aromatic carbocycles. The fourth-order valence-electron chi connectivity index (χ4n) is 2.16. The second kappa shape index (κ2) is 8.32. The van der Waals surface area contributed by atoms with Crippen LogP contribution in [-0.2, 0) is 13.0 Å². The van der Waals surface area contributed by atoms with Gasteiger partial charge < -0.3 is 14.8 Å². The fourth-order valence-corrected chi connectivity index (χ4v) is 2.16. The number of rotatable bonds is 8. The summed E-state index contributed by atoms with van der Waals surface area (Å²) in [7, 11) is 1.94. The number of ether oxygens (including phenoxy) is 2. The summed E-state index contributed by atoms with van der Waals surface area (Å²) in [5.41, 5.74) is 2.48. The van der Waals surface area contributed by atoms with Crippen molar-refractivity contribution in [3.05, 3.63) is 59.7 Å². The molecule has 0 amide bonds. The lowest BCUT2D eigenvalue weighted by atomic mass is 10.1. The highest BCUT2D eigenvalue weighted by Gasteiger charge is 2.01. The first-order valence-electron chi connectivity index (χ1n) is 7.40. The zero-order valence-electron chi connectivity index (χ0n) is 12.8. The smallest absolute Gasteiger partial charge is 0.122 e. The molecule has 0 fully saturated rings. The summed E-state index contributed by atoms with van der Waals surface area (Å²) < 4.78 is 11.5. The van der Waals surface area contributed by atoms with Crippen LogP contribution in [0.1, 0.15) is 18.1 Å². The lowest BCUT2D eigenvalue weighted by Crippen LogP contribution is -2.10. The molecule has 21 heavy (non-hydrogen) atoms. The van der Waals surface area contributed by atoms with Gasteiger partial charge >= 0.3 is 0 Å². The Morgan fingerprint density at radius 1 is 0.905 bits per heavy atom. The van der Waals surface area contributed by atoms with Gasteiger partial charge in [-0.1, -0.05) is 37.3 Å². The summed E-state index contributed by atoms with van der Waals surface area (Å²) in [5.74, 6) is 1.83. The quantitative estimate of drug-likeness (QED) is 0.754. The third-order valence-corrected chi connectivity index (χ3v) is 3.27. The predicted molar refractivity (Wildman–Crippen MR) is 86.0 cm³/mol. The zero-order chi connectivity index (χ0) is 14.9. The van der Waals surface area contributed by atoms with Crippen molar-refractivity contribution in [1.29, 1.82) is 0 Å². The van der Waals surface area contributed by atoms with Crippen LogP contribution >= 0.6 is 0 Å². The Balaban J connectivity index is 1.76. The van der Waals surface area contributed by atoms with Gasteiger partial charge in [-0.05, 0) is 42.8 Å². The van der Waals surface area contributed by atoms with Gasteiger partial charge in [0.1, 0.15) is 24.7 Å². The molecule has 112 valence electrons. The highest BCUT2D eigenvalue weighted by Crippen LogP contribution is 2.18. The Kier molecular flexibility index (Phi) is 6.10. The predicted octanol–water partition coefficient (Wildman–Crippen LogP) is 3.43. The number of para-hydroxylation sites is 1. The third kappa shape index (κ3) is 4.80. The van der Waals surface area contributed by atoms with E-state index in [0.29, 0.717) is 13.2 Å². The molecule has 0 spiro atoms. The first-order chi connectivity index (χ1) is 10.3. The standard InChI is InChI=1S/C18H23NO2/c1-3-16-6-4-5-7-18(16)21-13-12-20-17-10-8-15(9-11-17)14-19-2/h4-11,19H,3,12-14H2,1-2H3. The SMILES string of the molecule is CCc1ccccc1OCCOc1ccc(CNC)cc1. The fraction of sp³-hybridized carbons (Fsp3) is 0.333. The molecule has 0 aliphatic carbocycles. The van der Waals surface area contributed by atoms with Gasteiger partial charge in [0, 0.05) is 6.54 Å². The zero-order valence-corrected chi connectivity index (χ0v) is 12.8. The molecule has 2 rings (SSSR count). The van der Waals surface area contributed by atoms with Crippen LogP contribution in [0, 0.1) is 0 Å². The summed E-state index contributed by atoms with van der Waals surface area (Å²) in [5, 5.41) is 3.12. The van der Waals surface area contributed by atoms with Crippen LogP contribution in [0.3, 0.4) is 0 Å². The molecule has 0 unspecified atom stereocenters. The lowest BCUT2D eigenvalue weighted by molar-refractivity contribution is 0.216. The largest absolute Gasteiger partial charge is 0.490 e. The van der Waals surface area contributed by atoms with Crippen molar-refractivity contribution < 1.29 is 9.47 Å². The number of hydrogen-bond donors (Lipinski definition) is 1. The van der Waals surface area contributed by atoms with Gasteiger partial charge in [-0.15, -0.1) is 0 Å². The van der Waals surface area contributed by atoms with Gasteiger partial charge in [0.25, 0.3) is 0 Å². The monoisotopic (exact) mass is 285 g/mol. The minimum absolute atomic E-state index is 0.545. The second-order valence-electron chi connectivity index (χ2n) is 4.83. The molecule has 0 saturated carbocycles. The van der Waals surface area contributed by atoms with Crippen LogP contribution in [0.4, 0.5) is 0 Å². The van der Waals surface area contributed by atoms with Crippen molar-refractivity contribution in [1.82, 2.24) is 5.32 Å². The van der Waals surface area contributed by atoms with Crippen molar-refractivity contribution in [2.75, 3.05) is 20.3 Å². The molecule has 0 bridgehead atoms. The first-order valence-corrected chi connectivity index (χ1v) is 7.40. The minimum Gasteiger partial charge on any atom is -0.490 e. The van der Waals surface area contributed by atoms with Crippen LogP contribution in [0.25, 0.3) is 0 Å². The van der Waals surface area contributed by atoms with Crippen LogP contribution in [0.5, 0.6) is 11.5 Å². The van der Waals surface area contributed by atoms with E-state index in [2.05, 4.69) is 30.4 Å². The van der Waals surface area contributed by atoms with Gasteiger partial charge in [0.05, 0.1) is 0 Å². The van der Waals surface area contributed by atoms with Gasteiger partial charge in [-0.3, -0.25) is 0 Å². The second-order valence-corrected chi connectivity index (χ2v) is 4.83. The highest BCUT2D eigenvalue weighted by molar-refractivity contribution is 5.33. The Morgan fingerprint density at radius 3 is 2.33 bits per heavy atom. The Bertz CT molecular complexity index is 537. The topological polar surface area (TPSA) is 30.5 Å². The summed E-state index contributed by atoms with van der Waals surface area (Å²) in [6, 6.07) is 16.3. The number of aryl methyl sites for hydroxylation is 1. The maximum absolute atomic E-state index is 5.78. The normalized spacial score (nSPS) is 10.4. The first kappa shape index (κ1) is 15.4. The van der Waals surface area contributed by atoms with Crippen molar-refractivity contribution in [3.8, 4) is 11.5 Å². The third-order valence-electron chi connectivity index (χ3n) is 3.27. The van der Waals surface area contributed by atoms with Crippen molar-refractivity contribution in [3.63, 3.8) is 0 Å². The Hall–Kier alpha value is -2.00. The van der Waals surface area contributed by atoms with Crippen LogP contribution in [-0.4, -0.2) is 20.3 Å². The Labute approximate surface area is 126 Å². The average molecular weight is 285 g/mol. The summed E-state index contributed by atoms with van der Waals surface area (Å²) in [4.78, 5) is 0. The van der Waals surface area contributed by atoms with Gasteiger partial charge in [-0.25, -0.2) is 0 Å². The maximum atomic E-state index is 5.78. The summed E-state index contributed by atoms with van der Waals surface area (Å²) in [6.07, 6.45) is 0.976. The van der Waals surface area contributed by atoms with Crippen molar-refractivity contribution >= 4 is 0 Å². The summed E-state index contributed by atoms with van der Waals surface area (Å²) in [6.45, 7) is 4.10. The van der Waals surface area contributed by atoms with Crippen LogP contribution in [0.2, 0.25) is 0 Å². The van der Waals surface area contributed by atoms with E-state index in [1.165, 1.54) is 11.1 Å². The molecular weight excluding hydrogens is 262 g/mol. The molecule has 0 aliphatic heterocycles. The lowest BCUT2D eigenvalue weighted by Gasteiger charge is -2.11. The molecule has 2 aromatic rings. The van der Waals surface area contributed by atoms with Crippen molar-refractivity contribution in [2.45, 2.75) is 19.9 Å². The Morgan fingerprint density at radius 2 is 1.62 bits per heavy atom. The molecule has 0 aliphatic rings. The number of nitrogens with one attached hydrogen (secondary N) is 1. The molecular formula is C18H23NO2. The summed E-state index contributed by atoms with van der Waals surface area (Å²) >= 11 is 0. The molecule has 0 atom stereocenters. The highest BCUT2D eigenvalue weighted by atomic mass is 16.5. The van der Waals surface area contributed by atoms with E-state index in [9.17, 15) is 0 Å². The van der Waals surface area contributed by atoms with E-state index in [-0.39, 0.29) is 0 Å².